The monoisotopic (exact) mass is 222 g/mol. The highest BCUT2D eigenvalue weighted by Crippen LogP contribution is 2.11. The van der Waals surface area contributed by atoms with Gasteiger partial charge in [-0.05, 0) is 0 Å². The van der Waals surface area contributed by atoms with Crippen molar-refractivity contribution < 1.29 is 29.2 Å². The van der Waals surface area contributed by atoms with Crippen LogP contribution in [-0.2, 0) is 19.0 Å². The molecule has 0 aliphatic heterocycles. The van der Waals surface area contributed by atoms with Gasteiger partial charge in [-0.1, -0.05) is 0 Å². The van der Waals surface area contributed by atoms with Gasteiger partial charge in [-0.3, -0.25) is 0 Å². The first-order chi connectivity index (χ1) is 7.15. The van der Waals surface area contributed by atoms with Gasteiger partial charge < -0.3 is 29.2 Å². The van der Waals surface area contributed by atoms with Crippen LogP contribution in [-0.4, -0.2) is 68.9 Å². The summed E-state index contributed by atoms with van der Waals surface area (Å²) >= 11 is 0. The molecule has 0 radical (unpaired) electrons. The van der Waals surface area contributed by atoms with Crippen molar-refractivity contribution in [3.05, 3.63) is 0 Å². The molecule has 0 aliphatic rings. The van der Waals surface area contributed by atoms with Crippen LogP contribution in [0, 0.1) is 0 Å². The molecular weight excluding hydrogens is 204 g/mol. The highest BCUT2D eigenvalue weighted by molar-refractivity contribution is 5.57. The summed E-state index contributed by atoms with van der Waals surface area (Å²) in [5.74, 6) is 0. The molecule has 0 aromatic heterocycles. The van der Waals surface area contributed by atoms with E-state index in [0.29, 0.717) is 6.29 Å². The largest absolute Gasteiger partial charge is 0.394 e. The summed E-state index contributed by atoms with van der Waals surface area (Å²) in [5.41, 5.74) is 0. The highest BCUT2D eigenvalue weighted by atomic mass is 16.5. The number of carbonyl (C=O) groups is 1. The lowest BCUT2D eigenvalue weighted by Gasteiger charge is -2.29. The van der Waals surface area contributed by atoms with Crippen LogP contribution in [0.15, 0.2) is 0 Å². The molecule has 6 heteroatoms. The van der Waals surface area contributed by atoms with Gasteiger partial charge in [0.1, 0.15) is 24.4 Å². The van der Waals surface area contributed by atoms with Crippen molar-refractivity contribution in [2.45, 2.75) is 24.4 Å². The lowest BCUT2D eigenvalue weighted by atomic mass is 10.0. The number of aliphatic hydroxyl groups excluding tert-OH is 2. The molecule has 6 nitrogen and oxygen atoms in total. The van der Waals surface area contributed by atoms with Gasteiger partial charge in [0.2, 0.25) is 0 Å². The van der Waals surface area contributed by atoms with E-state index in [1.54, 1.807) is 0 Å². The zero-order valence-electron chi connectivity index (χ0n) is 9.12. The van der Waals surface area contributed by atoms with Crippen LogP contribution in [0.3, 0.4) is 0 Å². The predicted octanol–water partition coefficient (Wildman–Crippen LogP) is -1.42. The lowest BCUT2D eigenvalue weighted by Crippen LogP contribution is -2.48. The maximum absolute atomic E-state index is 10.6. The molecule has 0 unspecified atom stereocenters. The Morgan fingerprint density at radius 2 is 1.80 bits per heavy atom. The van der Waals surface area contributed by atoms with Crippen molar-refractivity contribution in [1.29, 1.82) is 0 Å². The van der Waals surface area contributed by atoms with Gasteiger partial charge in [-0.2, -0.15) is 0 Å². The van der Waals surface area contributed by atoms with Gasteiger partial charge in [-0.15, -0.1) is 0 Å². The van der Waals surface area contributed by atoms with Crippen LogP contribution in [0.1, 0.15) is 0 Å². The molecule has 0 heterocycles. The Labute approximate surface area is 88.7 Å². The SMILES string of the molecule is CO[C@@H]([C@@H](O)[C@@H](CO)OC)[C@H](C=O)OC. The van der Waals surface area contributed by atoms with Crippen molar-refractivity contribution in [2.75, 3.05) is 27.9 Å². The van der Waals surface area contributed by atoms with Gasteiger partial charge in [0, 0.05) is 21.3 Å². The number of hydrogen-bond acceptors (Lipinski definition) is 6. The Morgan fingerprint density at radius 1 is 1.20 bits per heavy atom. The molecule has 2 N–H and O–H groups in total. The second kappa shape index (κ2) is 7.72. The van der Waals surface area contributed by atoms with Crippen molar-refractivity contribution in [2.24, 2.45) is 0 Å². The van der Waals surface area contributed by atoms with E-state index in [1.165, 1.54) is 21.3 Å². The van der Waals surface area contributed by atoms with E-state index in [0.717, 1.165) is 0 Å². The van der Waals surface area contributed by atoms with E-state index in [-0.39, 0.29) is 6.61 Å². The average molecular weight is 222 g/mol. The summed E-state index contributed by atoms with van der Waals surface area (Å²) in [7, 11) is 4.02. The Bertz CT molecular complexity index is 170. The minimum atomic E-state index is -1.14. The first-order valence-electron chi connectivity index (χ1n) is 4.48. The summed E-state index contributed by atoms with van der Waals surface area (Å²) < 4.78 is 14.6. The molecule has 90 valence electrons. The number of rotatable bonds is 8. The van der Waals surface area contributed by atoms with Crippen molar-refractivity contribution >= 4 is 6.29 Å². The number of aliphatic hydroxyl groups is 2. The fourth-order valence-corrected chi connectivity index (χ4v) is 1.27. The molecule has 0 rings (SSSR count). The quantitative estimate of drug-likeness (QED) is 0.490. The Balaban J connectivity index is 4.55. The highest BCUT2D eigenvalue weighted by Gasteiger charge is 2.33. The molecule has 4 atom stereocenters. The van der Waals surface area contributed by atoms with E-state index < -0.39 is 24.4 Å². The van der Waals surface area contributed by atoms with E-state index in [2.05, 4.69) is 0 Å². The lowest BCUT2D eigenvalue weighted by molar-refractivity contribution is -0.152. The maximum atomic E-state index is 10.6. The van der Waals surface area contributed by atoms with Crippen LogP contribution in [0.25, 0.3) is 0 Å². The van der Waals surface area contributed by atoms with Crippen molar-refractivity contribution in [3.63, 3.8) is 0 Å². The summed E-state index contributed by atoms with van der Waals surface area (Å²) in [6.07, 6.45) is -3.19. The molecule has 0 fully saturated rings. The molecule has 0 saturated heterocycles. The fraction of sp³-hybridized carbons (Fsp3) is 0.889. The third-order valence-electron chi connectivity index (χ3n) is 2.20. The molecular formula is C9H18O6. The van der Waals surface area contributed by atoms with E-state index in [1.807, 2.05) is 0 Å². The summed E-state index contributed by atoms with van der Waals surface area (Å²) in [5, 5.41) is 18.7. The zero-order valence-corrected chi connectivity index (χ0v) is 9.12. The van der Waals surface area contributed by atoms with Crippen LogP contribution in [0.2, 0.25) is 0 Å². The molecule has 0 saturated carbocycles. The fourth-order valence-electron chi connectivity index (χ4n) is 1.27. The summed E-state index contributed by atoms with van der Waals surface area (Å²) in [4.78, 5) is 10.6. The molecule has 0 spiro atoms. The Morgan fingerprint density at radius 3 is 2.07 bits per heavy atom. The standard InChI is InChI=1S/C9H18O6/c1-13-6(4-10)8(12)9(15-3)7(5-11)14-2/h5-10,12H,4H2,1-3H3/t6-,7+,8+,9-/m1/s1. The number of methoxy groups -OCH3 is 3. The third kappa shape index (κ3) is 3.84. The summed E-state index contributed by atoms with van der Waals surface area (Å²) in [6, 6.07) is 0. The molecule has 0 amide bonds. The first-order valence-corrected chi connectivity index (χ1v) is 4.48. The molecule has 15 heavy (non-hydrogen) atoms. The number of ether oxygens (including phenoxy) is 3. The van der Waals surface area contributed by atoms with Crippen molar-refractivity contribution in [1.82, 2.24) is 0 Å². The van der Waals surface area contributed by atoms with Gasteiger partial charge in [-0.25, -0.2) is 0 Å². The summed E-state index contributed by atoms with van der Waals surface area (Å²) in [6.45, 7) is -0.368. The van der Waals surface area contributed by atoms with Crippen LogP contribution < -0.4 is 0 Å². The average Bonchev–Trinajstić information content (AvgIpc) is 2.27. The second-order valence-electron chi connectivity index (χ2n) is 2.98. The number of hydrogen-bond donors (Lipinski definition) is 2. The topological polar surface area (TPSA) is 85.2 Å². The van der Waals surface area contributed by atoms with Crippen LogP contribution >= 0.6 is 0 Å². The van der Waals surface area contributed by atoms with E-state index in [4.69, 9.17) is 19.3 Å². The van der Waals surface area contributed by atoms with Gasteiger partial charge in [0.05, 0.1) is 6.61 Å². The third-order valence-corrected chi connectivity index (χ3v) is 2.20. The minimum absolute atomic E-state index is 0.368. The molecule has 0 aromatic rings. The first kappa shape index (κ1) is 14.5. The normalized spacial score (nSPS) is 19.3. The molecule has 0 aliphatic carbocycles. The van der Waals surface area contributed by atoms with Crippen LogP contribution in [0.5, 0.6) is 0 Å². The smallest absolute Gasteiger partial charge is 0.151 e. The second-order valence-corrected chi connectivity index (χ2v) is 2.98. The minimum Gasteiger partial charge on any atom is -0.394 e. The Hall–Kier alpha value is -0.530. The van der Waals surface area contributed by atoms with Crippen molar-refractivity contribution in [3.8, 4) is 0 Å². The number of aldehydes is 1. The van der Waals surface area contributed by atoms with Gasteiger partial charge >= 0.3 is 0 Å². The molecule has 0 aromatic carbocycles. The van der Waals surface area contributed by atoms with Crippen LogP contribution in [0.4, 0.5) is 0 Å². The maximum Gasteiger partial charge on any atom is 0.151 e. The zero-order chi connectivity index (χ0) is 11.8. The van der Waals surface area contributed by atoms with Gasteiger partial charge in [0.15, 0.2) is 6.29 Å². The van der Waals surface area contributed by atoms with Gasteiger partial charge in [0.25, 0.3) is 0 Å². The predicted molar refractivity (Wildman–Crippen MR) is 51.5 cm³/mol. The van der Waals surface area contributed by atoms with E-state index in [9.17, 15) is 9.90 Å². The number of carbonyl (C=O) groups excluding carboxylic acids is 1. The molecule has 0 bridgehead atoms. The Kier molecular flexibility index (Phi) is 7.45. The van der Waals surface area contributed by atoms with E-state index >= 15 is 0 Å².